The molecule has 1 aliphatic heterocycles. The molecule has 25 heavy (non-hydrogen) atoms. The molecule has 1 saturated carbocycles. The third kappa shape index (κ3) is 3.67. The Morgan fingerprint density at radius 2 is 1.92 bits per heavy atom. The SMILES string of the molecule is CCCSc1nc(Cl)c(N)c(N[C@H]2C3OC(C)(C)OC3[C@@H](O)[C@@H]2O)n1. The van der Waals surface area contributed by atoms with E-state index >= 15 is 0 Å². The summed E-state index contributed by atoms with van der Waals surface area (Å²) >= 11 is 7.57. The fraction of sp³-hybridized carbons (Fsp3) is 0.733. The van der Waals surface area contributed by atoms with Gasteiger partial charge in [0, 0.05) is 5.75 Å². The van der Waals surface area contributed by atoms with E-state index in [1.807, 2.05) is 0 Å². The number of aliphatic hydroxyl groups excluding tert-OH is 2. The Hall–Kier alpha value is -0.840. The Morgan fingerprint density at radius 3 is 2.60 bits per heavy atom. The Balaban J connectivity index is 1.85. The van der Waals surface area contributed by atoms with E-state index in [0.717, 1.165) is 12.2 Å². The molecule has 5 atom stereocenters. The van der Waals surface area contributed by atoms with Gasteiger partial charge in [0.05, 0.1) is 6.04 Å². The van der Waals surface area contributed by atoms with Crippen molar-refractivity contribution in [3.8, 4) is 0 Å². The number of rotatable bonds is 5. The van der Waals surface area contributed by atoms with E-state index in [1.54, 1.807) is 13.8 Å². The molecule has 2 fully saturated rings. The number of nitrogen functional groups attached to an aromatic ring is 1. The van der Waals surface area contributed by atoms with Crippen molar-refractivity contribution in [2.45, 2.75) is 68.6 Å². The zero-order valence-corrected chi connectivity index (χ0v) is 15.8. The molecule has 3 rings (SSSR count). The van der Waals surface area contributed by atoms with Crippen LogP contribution in [-0.4, -0.2) is 62.2 Å². The van der Waals surface area contributed by atoms with Crippen LogP contribution in [0, 0.1) is 0 Å². The van der Waals surface area contributed by atoms with E-state index in [9.17, 15) is 10.2 Å². The van der Waals surface area contributed by atoms with Crippen molar-refractivity contribution < 1.29 is 19.7 Å². The Kier molecular flexibility index (Phi) is 5.34. The van der Waals surface area contributed by atoms with Crippen molar-refractivity contribution in [2.75, 3.05) is 16.8 Å². The first-order chi connectivity index (χ1) is 11.7. The molecule has 1 aliphatic carbocycles. The lowest BCUT2D eigenvalue weighted by molar-refractivity contribution is -0.174. The second kappa shape index (κ2) is 7.05. The van der Waals surface area contributed by atoms with E-state index in [0.29, 0.717) is 11.0 Å². The van der Waals surface area contributed by atoms with Crippen LogP contribution in [0.5, 0.6) is 0 Å². The highest BCUT2D eigenvalue weighted by atomic mass is 35.5. The summed E-state index contributed by atoms with van der Waals surface area (Å²) in [6.45, 7) is 5.58. The number of thioether (sulfide) groups is 1. The molecule has 0 aromatic carbocycles. The van der Waals surface area contributed by atoms with Crippen molar-refractivity contribution in [2.24, 2.45) is 0 Å². The number of aromatic nitrogens is 2. The number of hydrogen-bond donors (Lipinski definition) is 4. The number of aliphatic hydroxyl groups is 2. The summed E-state index contributed by atoms with van der Waals surface area (Å²) in [4.78, 5) is 8.54. The minimum atomic E-state index is -1.09. The summed E-state index contributed by atoms with van der Waals surface area (Å²) < 4.78 is 11.5. The zero-order valence-electron chi connectivity index (χ0n) is 14.3. The maximum atomic E-state index is 10.4. The van der Waals surface area contributed by atoms with Crippen LogP contribution < -0.4 is 11.1 Å². The lowest BCUT2D eigenvalue weighted by Gasteiger charge is -2.26. The summed E-state index contributed by atoms with van der Waals surface area (Å²) in [6, 6.07) is -0.640. The van der Waals surface area contributed by atoms with Gasteiger partial charge in [0.25, 0.3) is 0 Å². The molecular weight excluding hydrogens is 368 g/mol. The second-order valence-electron chi connectivity index (χ2n) is 6.62. The number of ether oxygens (including phenoxy) is 2. The molecule has 0 bridgehead atoms. The monoisotopic (exact) mass is 390 g/mol. The maximum absolute atomic E-state index is 10.4. The molecular formula is C15H23ClN4O4S. The molecule has 0 spiro atoms. The molecule has 8 nitrogen and oxygen atoms in total. The van der Waals surface area contributed by atoms with Gasteiger partial charge in [0.2, 0.25) is 0 Å². The lowest BCUT2D eigenvalue weighted by atomic mass is 10.1. The maximum Gasteiger partial charge on any atom is 0.191 e. The van der Waals surface area contributed by atoms with Crippen LogP contribution >= 0.6 is 23.4 Å². The van der Waals surface area contributed by atoms with Gasteiger partial charge in [0.1, 0.15) is 30.1 Å². The van der Waals surface area contributed by atoms with Gasteiger partial charge in [-0.2, -0.15) is 0 Å². The summed E-state index contributed by atoms with van der Waals surface area (Å²) in [5.74, 6) is 0.317. The van der Waals surface area contributed by atoms with Gasteiger partial charge < -0.3 is 30.7 Å². The Labute approximate surface area is 155 Å². The van der Waals surface area contributed by atoms with E-state index in [4.69, 9.17) is 26.8 Å². The first-order valence-corrected chi connectivity index (χ1v) is 9.54. The Bertz CT molecular complexity index is 650. The third-order valence-corrected chi connectivity index (χ3v) is 5.53. The van der Waals surface area contributed by atoms with Gasteiger partial charge in [0.15, 0.2) is 21.9 Å². The van der Waals surface area contributed by atoms with Crippen LogP contribution in [0.3, 0.4) is 0 Å². The average Bonchev–Trinajstić information content (AvgIpc) is 2.97. The molecule has 1 saturated heterocycles. The van der Waals surface area contributed by atoms with Crippen LogP contribution in [0.4, 0.5) is 11.5 Å². The van der Waals surface area contributed by atoms with Crippen LogP contribution in [0.1, 0.15) is 27.2 Å². The molecule has 0 radical (unpaired) electrons. The van der Waals surface area contributed by atoms with Gasteiger partial charge in [-0.15, -0.1) is 0 Å². The van der Waals surface area contributed by atoms with E-state index in [1.165, 1.54) is 11.8 Å². The molecule has 1 aromatic heterocycles. The van der Waals surface area contributed by atoms with Gasteiger partial charge in [-0.3, -0.25) is 0 Å². The number of halogens is 1. The fourth-order valence-electron chi connectivity index (χ4n) is 3.08. The van der Waals surface area contributed by atoms with Crippen LogP contribution in [0.25, 0.3) is 0 Å². The summed E-state index contributed by atoms with van der Waals surface area (Å²) in [7, 11) is 0. The number of hydrogen-bond acceptors (Lipinski definition) is 9. The normalized spacial score (nSPS) is 33.4. The molecule has 2 unspecified atom stereocenters. The highest BCUT2D eigenvalue weighted by Crippen LogP contribution is 2.40. The molecule has 2 aliphatic rings. The third-order valence-electron chi connectivity index (χ3n) is 4.19. The largest absolute Gasteiger partial charge is 0.393 e. The van der Waals surface area contributed by atoms with Crippen LogP contribution in [0.2, 0.25) is 5.15 Å². The molecule has 140 valence electrons. The van der Waals surface area contributed by atoms with Crippen molar-refractivity contribution in [3.63, 3.8) is 0 Å². The molecule has 5 N–H and O–H groups in total. The van der Waals surface area contributed by atoms with Gasteiger partial charge in [-0.05, 0) is 20.3 Å². The Morgan fingerprint density at radius 1 is 1.24 bits per heavy atom. The topological polar surface area (TPSA) is 123 Å². The van der Waals surface area contributed by atoms with E-state index in [-0.39, 0.29) is 10.8 Å². The predicted molar refractivity (Wildman–Crippen MR) is 95.7 cm³/mol. The molecule has 2 heterocycles. The highest BCUT2D eigenvalue weighted by Gasteiger charge is 2.58. The van der Waals surface area contributed by atoms with Crippen LogP contribution in [0.15, 0.2) is 5.16 Å². The number of nitrogens with two attached hydrogens (primary N) is 1. The number of nitrogens with zero attached hydrogens (tertiary/aromatic N) is 2. The first-order valence-electron chi connectivity index (χ1n) is 8.17. The van der Waals surface area contributed by atoms with Crippen LogP contribution in [-0.2, 0) is 9.47 Å². The minimum Gasteiger partial charge on any atom is -0.393 e. The van der Waals surface area contributed by atoms with Gasteiger partial charge >= 0.3 is 0 Å². The van der Waals surface area contributed by atoms with Crippen molar-refractivity contribution in [1.29, 1.82) is 0 Å². The van der Waals surface area contributed by atoms with Crippen molar-refractivity contribution in [3.05, 3.63) is 5.15 Å². The van der Waals surface area contributed by atoms with Gasteiger partial charge in [-0.1, -0.05) is 30.3 Å². The number of fused-ring (bicyclic) bond motifs is 1. The number of nitrogens with one attached hydrogen (secondary N) is 1. The summed E-state index contributed by atoms with van der Waals surface area (Å²) in [6.07, 6.45) is -2.37. The standard InChI is InChI=1S/C15H23ClN4O4S/c1-4-5-25-14-19-12(16)6(17)13(20-14)18-7-8(21)9(22)11-10(7)23-15(2,3)24-11/h7-11,21-22H,4-5,17H2,1-3H3,(H,18,19,20)/t7-,8-,9+,10?,11?/m1/s1. The molecule has 1 aromatic rings. The average molecular weight is 391 g/mol. The fourth-order valence-corrected chi connectivity index (χ4v) is 3.99. The lowest BCUT2D eigenvalue weighted by Crippen LogP contribution is -2.42. The minimum absolute atomic E-state index is 0.143. The molecule has 0 amide bonds. The summed E-state index contributed by atoms with van der Waals surface area (Å²) in [5.41, 5.74) is 6.17. The van der Waals surface area contributed by atoms with E-state index in [2.05, 4.69) is 22.2 Å². The second-order valence-corrected chi connectivity index (χ2v) is 8.04. The highest BCUT2D eigenvalue weighted by molar-refractivity contribution is 7.99. The smallest absolute Gasteiger partial charge is 0.191 e. The van der Waals surface area contributed by atoms with Gasteiger partial charge in [-0.25, -0.2) is 9.97 Å². The zero-order chi connectivity index (χ0) is 18.4. The summed E-state index contributed by atoms with van der Waals surface area (Å²) in [5, 5.41) is 24.3. The van der Waals surface area contributed by atoms with E-state index < -0.39 is 36.2 Å². The van der Waals surface area contributed by atoms with Crippen molar-refractivity contribution in [1.82, 2.24) is 9.97 Å². The predicted octanol–water partition coefficient (Wildman–Crippen LogP) is 1.25. The number of anilines is 2. The first kappa shape index (κ1) is 18.9. The quantitative estimate of drug-likeness (QED) is 0.334. The van der Waals surface area contributed by atoms with Crippen molar-refractivity contribution >= 4 is 34.9 Å². The molecule has 10 heteroatoms.